The molecule has 0 fully saturated rings. The Hall–Kier alpha value is -6.64. The second-order valence-corrected chi connectivity index (χ2v) is 12.5. The Morgan fingerprint density at radius 1 is 0.340 bits per heavy atom. The minimum atomic E-state index is 0.872. The molecule has 0 aliphatic carbocycles. The van der Waals surface area contributed by atoms with E-state index >= 15 is 0 Å². The van der Waals surface area contributed by atoms with Gasteiger partial charge in [0.15, 0.2) is 0 Å². The van der Waals surface area contributed by atoms with Crippen LogP contribution in [0.4, 0.5) is 17.1 Å². The lowest BCUT2D eigenvalue weighted by atomic mass is 9.97. The summed E-state index contributed by atoms with van der Waals surface area (Å²) in [6, 6.07) is 71.0. The summed E-state index contributed by atoms with van der Waals surface area (Å²) in [5.74, 6) is 0. The van der Waals surface area contributed by atoms with E-state index in [1.54, 1.807) is 0 Å². The van der Waals surface area contributed by atoms with Gasteiger partial charge >= 0.3 is 0 Å². The highest BCUT2D eigenvalue weighted by atomic mass is 16.3. The Labute approximate surface area is 292 Å². The van der Waals surface area contributed by atoms with Gasteiger partial charge in [0.2, 0.25) is 0 Å². The van der Waals surface area contributed by atoms with Gasteiger partial charge in [-0.15, -0.1) is 0 Å². The second-order valence-electron chi connectivity index (χ2n) is 12.5. The van der Waals surface area contributed by atoms with Gasteiger partial charge < -0.3 is 9.32 Å². The molecule has 0 amide bonds. The number of hydrogen-bond donors (Lipinski definition) is 0. The normalized spacial score (nSPS) is 11.2. The first kappa shape index (κ1) is 29.5. The Bertz CT molecular complexity index is 2570. The van der Waals surface area contributed by atoms with Crippen molar-refractivity contribution < 1.29 is 4.42 Å². The molecule has 236 valence electrons. The molecule has 0 atom stereocenters. The summed E-state index contributed by atoms with van der Waals surface area (Å²) in [7, 11) is 0. The number of benzene rings is 8. The van der Waals surface area contributed by atoms with Gasteiger partial charge in [0.25, 0.3) is 0 Å². The van der Waals surface area contributed by atoms with Gasteiger partial charge in [0.05, 0.1) is 16.8 Å². The van der Waals surface area contributed by atoms with Crippen LogP contribution in [0.3, 0.4) is 0 Å². The number of fused-ring (bicyclic) bond motifs is 3. The fourth-order valence-corrected chi connectivity index (χ4v) is 7.09. The number of anilines is 3. The molecule has 0 spiro atoms. The van der Waals surface area contributed by atoms with Crippen molar-refractivity contribution in [2.75, 3.05) is 4.90 Å². The van der Waals surface area contributed by atoms with E-state index in [2.05, 4.69) is 199 Å². The van der Waals surface area contributed by atoms with Crippen LogP contribution in [-0.4, -0.2) is 0 Å². The second kappa shape index (κ2) is 12.8. The van der Waals surface area contributed by atoms with Gasteiger partial charge in [-0.3, -0.25) is 0 Å². The molecule has 0 aliphatic heterocycles. The predicted octanol–water partition coefficient (Wildman–Crippen LogP) is 13.7. The molecule has 2 heteroatoms. The van der Waals surface area contributed by atoms with Crippen LogP contribution in [0.25, 0.3) is 66.4 Å². The van der Waals surface area contributed by atoms with Crippen LogP contribution in [-0.2, 0) is 0 Å². The lowest BCUT2D eigenvalue weighted by Gasteiger charge is -2.29. The minimum Gasteiger partial charge on any atom is -0.455 e. The van der Waals surface area contributed by atoms with Crippen molar-refractivity contribution in [1.29, 1.82) is 0 Å². The summed E-state index contributed by atoms with van der Waals surface area (Å²) in [5.41, 5.74) is 14.3. The van der Waals surface area contributed by atoms with Crippen LogP contribution < -0.4 is 4.90 Å². The van der Waals surface area contributed by atoms with Crippen LogP contribution in [0.1, 0.15) is 0 Å². The van der Waals surface area contributed by atoms with E-state index in [1.165, 1.54) is 22.3 Å². The average molecular weight is 640 g/mol. The number of hydrogen-bond acceptors (Lipinski definition) is 2. The molecule has 8 aromatic carbocycles. The molecule has 9 aromatic rings. The van der Waals surface area contributed by atoms with Crippen LogP contribution in [0.15, 0.2) is 205 Å². The van der Waals surface area contributed by atoms with Gasteiger partial charge in [-0.1, -0.05) is 158 Å². The summed E-state index contributed by atoms with van der Waals surface area (Å²) >= 11 is 0. The van der Waals surface area contributed by atoms with Crippen LogP contribution in [0.2, 0.25) is 0 Å². The van der Waals surface area contributed by atoms with Crippen molar-refractivity contribution >= 4 is 39.0 Å². The SMILES string of the molecule is c1ccc(-c2cccc(-c3ccc(N(c4ccccc4-c4ccccc4)c4ccc(-c5ccccc5)c5oc6ccccc6c45)cc3)c2)cc1. The molecule has 0 saturated heterocycles. The highest BCUT2D eigenvalue weighted by Crippen LogP contribution is 2.48. The first-order valence-electron chi connectivity index (χ1n) is 17.0. The predicted molar refractivity (Wildman–Crippen MR) is 210 cm³/mol. The molecule has 0 N–H and O–H groups in total. The van der Waals surface area contributed by atoms with Gasteiger partial charge in [-0.25, -0.2) is 0 Å². The molecule has 0 radical (unpaired) electrons. The third-order valence-electron chi connectivity index (χ3n) is 9.49. The molecular weight excluding hydrogens is 607 g/mol. The van der Waals surface area contributed by atoms with Gasteiger partial charge in [0, 0.05) is 22.2 Å². The maximum Gasteiger partial charge on any atom is 0.145 e. The maximum absolute atomic E-state index is 6.71. The number of nitrogens with zero attached hydrogens (tertiary/aromatic N) is 1. The number of rotatable bonds is 7. The monoisotopic (exact) mass is 639 g/mol. The zero-order chi connectivity index (χ0) is 33.3. The first-order valence-corrected chi connectivity index (χ1v) is 17.0. The first-order chi connectivity index (χ1) is 24.8. The summed E-state index contributed by atoms with van der Waals surface area (Å²) in [4.78, 5) is 2.39. The molecule has 0 saturated carbocycles. The van der Waals surface area contributed by atoms with Gasteiger partial charge in [-0.2, -0.15) is 0 Å². The molecule has 2 nitrogen and oxygen atoms in total. The van der Waals surface area contributed by atoms with Gasteiger partial charge in [-0.05, 0) is 75.8 Å². The fraction of sp³-hybridized carbons (Fsp3) is 0. The summed E-state index contributed by atoms with van der Waals surface area (Å²) in [6.45, 7) is 0. The fourth-order valence-electron chi connectivity index (χ4n) is 7.09. The lowest BCUT2D eigenvalue weighted by molar-refractivity contribution is 0.670. The number of furan rings is 1. The van der Waals surface area contributed by atoms with Crippen molar-refractivity contribution in [3.05, 3.63) is 200 Å². The smallest absolute Gasteiger partial charge is 0.145 e. The Morgan fingerprint density at radius 2 is 0.880 bits per heavy atom. The van der Waals surface area contributed by atoms with Crippen molar-refractivity contribution in [1.82, 2.24) is 0 Å². The highest BCUT2D eigenvalue weighted by molar-refractivity contribution is 6.17. The molecule has 0 unspecified atom stereocenters. The Balaban J connectivity index is 1.26. The van der Waals surface area contributed by atoms with E-state index in [0.717, 1.165) is 61.3 Å². The van der Waals surface area contributed by atoms with E-state index < -0.39 is 0 Å². The molecule has 50 heavy (non-hydrogen) atoms. The highest BCUT2D eigenvalue weighted by Gasteiger charge is 2.24. The molecule has 9 rings (SSSR count). The molecule has 0 bridgehead atoms. The topological polar surface area (TPSA) is 16.4 Å². The third-order valence-corrected chi connectivity index (χ3v) is 9.49. The van der Waals surface area contributed by atoms with Crippen LogP contribution in [0, 0.1) is 0 Å². The van der Waals surface area contributed by atoms with E-state index in [1.807, 2.05) is 6.07 Å². The molecule has 0 aliphatic rings. The van der Waals surface area contributed by atoms with Crippen LogP contribution in [0.5, 0.6) is 0 Å². The van der Waals surface area contributed by atoms with E-state index in [0.29, 0.717) is 0 Å². The van der Waals surface area contributed by atoms with Gasteiger partial charge in [0.1, 0.15) is 11.2 Å². The lowest BCUT2D eigenvalue weighted by Crippen LogP contribution is -2.11. The molecule has 1 heterocycles. The van der Waals surface area contributed by atoms with E-state index in [4.69, 9.17) is 4.42 Å². The minimum absolute atomic E-state index is 0.872. The van der Waals surface area contributed by atoms with E-state index in [-0.39, 0.29) is 0 Å². The summed E-state index contributed by atoms with van der Waals surface area (Å²) in [5, 5.41) is 2.18. The van der Waals surface area contributed by atoms with Crippen molar-refractivity contribution in [2.45, 2.75) is 0 Å². The summed E-state index contributed by atoms with van der Waals surface area (Å²) < 4.78 is 6.71. The largest absolute Gasteiger partial charge is 0.455 e. The standard InChI is InChI=1S/C48H33NO/c1-4-15-34(16-5-1)38-21-14-22-39(33-38)35-27-29-40(30-28-35)49(44-25-12-10-23-41(44)36-17-6-2-7-18-36)45-32-31-42(37-19-8-3-9-20-37)48-47(45)43-24-11-13-26-46(43)50-48/h1-33H. The Kier molecular flexibility index (Phi) is 7.53. The van der Waals surface area contributed by atoms with Crippen molar-refractivity contribution in [3.8, 4) is 44.5 Å². The third kappa shape index (κ3) is 5.34. The van der Waals surface area contributed by atoms with E-state index in [9.17, 15) is 0 Å². The number of para-hydroxylation sites is 2. The average Bonchev–Trinajstić information content (AvgIpc) is 3.60. The summed E-state index contributed by atoms with van der Waals surface area (Å²) in [6.07, 6.45) is 0. The van der Waals surface area contributed by atoms with Crippen molar-refractivity contribution in [2.24, 2.45) is 0 Å². The quantitative estimate of drug-likeness (QED) is 0.173. The van der Waals surface area contributed by atoms with Crippen molar-refractivity contribution in [3.63, 3.8) is 0 Å². The molecular formula is C48H33NO. The zero-order valence-corrected chi connectivity index (χ0v) is 27.4. The maximum atomic E-state index is 6.71. The zero-order valence-electron chi connectivity index (χ0n) is 27.4. The molecule has 1 aromatic heterocycles. The van der Waals surface area contributed by atoms with Crippen LogP contribution >= 0.6 is 0 Å². The Morgan fingerprint density at radius 3 is 1.58 bits per heavy atom.